The van der Waals surface area contributed by atoms with Gasteiger partial charge < -0.3 is 25.3 Å². The van der Waals surface area contributed by atoms with Crippen LogP contribution in [0.5, 0.6) is 11.5 Å². The Hall–Kier alpha value is -1.79. The number of anilines is 1. The van der Waals surface area contributed by atoms with Crippen molar-refractivity contribution in [2.75, 3.05) is 26.1 Å². The minimum absolute atomic E-state index is 0.0226. The number of methoxy groups -OCH3 is 2. The topological polar surface area (TPSA) is 82.8 Å². The highest BCUT2D eigenvalue weighted by Gasteiger charge is 2.29. The molecule has 1 aliphatic heterocycles. The zero-order valence-corrected chi connectivity index (χ0v) is 11.7. The van der Waals surface area contributed by atoms with E-state index < -0.39 is 6.10 Å². The molecule has 1 aromatic rings. The Kier molecular flexibility index (Phi) is 4.81. The molecule has 0 bridgehead atoms. The number of ether oxygens (including phenoxy) is 3. The second-order valence-corrected chi connectivity index (χ2v) is 4.65. The van der Waals surface area contributed by atoms with Gasteiger partial charge in [-0.1, -0.05) is 0 Å². The van der Waals surface area contributed by atoms with Crippen LogP contribution < -0.4 is 20.5 Å². The van der Waals surface area contributed by atoms with Crippen LogP contribution in [-0.4, -0.2) is 38.9 Å². The summed E-state index contributed by atoms with van der Waals surface area (Å²) in [6, 6.07) is 5.21. The molecule has 2 atom stereocenters. The molecule has 2 rings (SSSR count). The van der Waals surface area contributed by atoms with E-state index in [9.17, 15) is 4.79 Å². The van der Waals surface area contributed by atoms with Crippen molar-refractivity contribution < 1.29 is 19.0 Å². The molecule has 1 aromatic carbocycles. The molecular formula is C14H20N2O4. The van der Waals surface area contributed by atoms with Crippen LogP contribution in [0.25, 0.3) is 0 Å². The van der Waals surface area contributed by atoms with E-state index in [0.29, 0.717) is 30.2 Å². The minimum Gasteiger partial charge on any atom is -0.497 e. The number of nitrogens with one attached hydrogen (secondary N) is 1. The fourth-order valence-electron chi connectivity index (χ4n) is 2.17. The molecule has 20 heavy (non-hydrogen) atoms. The third kappa shape index (κ3) is 3.40. The minimum atomic E-state index is -0.444. The van der Waals surface area contributed by atoms with E-state index in [4.69, 9.17) is 19.9 Å². The number of carbonyl (C=O) groups is 1. The Morgan fingerprint density at radius 2 is 1.95 bits per heavy atom. The lowest BCUT2D eigenvalue weighted by atomic mass is 10.2. The van der Waals surface area contributed by atoms with Crippen molar-refractivity contribution in [2.45, 2.75) is 25.0 Å². The number of carbonyl (C=O) groups excluding carboxylic acids is 1. The zero-order chi connectivity index (χ0) is 14.5. The first-order valence-electron chi connectivity index (χ1n) is 6.55. The van der Waals surface area contributed by atoms with Crippen LogP contribution in [0.1, 0.15) is 12.8 Å². The maximum Gasteiger partial charge on any atom is 0.253 e. The van der Waals surface area contributed by atoms with Crippen LogP contribution in [-0.2, 0) is 9.53 Å². The van der Waals surface area contributed by atoms with Gasteiger partial charge in [-0.25, -0.2) is 0 Å². The summed E-state index contributed by atoms with van der Waals surface area (Å²) in [5.74, 6) is 1.06. The molecule has 2 unspecified atom stereocenters. The van der Waals surface area contributed by atoms with Gasteiger partial charge in [0.2, 0.25) is 0 Å². The second-order valence-electron chi connectivity index (χ2n) is 4.65. The van der Waals surface area contributed by atoms with Gasteiger partial charge in [0.1, 0.15) is 17.6 Å². The van der Waals surface area contributed by atoms with Gasteiger partial charge in [-0.05, 0) is 12.8 Å². The Labute approximate surface area is 118 Å². The lowest BCUT2D eigenvalue weighted by Crippen LogP contribution is -2.29. The molecule has 6 nitrogen and oxygen atoms in total. The summed E-state index contributed by atoms with van der Waals surface area (Å²) in [6.45, 7) is 0.441. The van der Waals surface area contributed by atoms with Crippen LogP contribution in [0.15, 0.2) is 18.2 Å². The molecule has 1 saturated heterocycles. The molecule has 0 aromatic heterocycles. The number of benzene rings is 1. The van der Waals surface area contributed by atoms with Gasteiger partial charge in [-0.2, -0.15) is 0 Å². The van der Waals surface area contributed by atoms with Gasteiger partial charge in [0, 0.05) is 30.4 Å². The number of amides is 1. The summed E-state index contributed by atoms with van der Waals surface area (Å²) in [4.78, 5) is 12.1. The molecule has 0 radical (unpaired) electrons. The van der Waals surface area contributed by atoms with Crippen molar-refractivity contribution in [3.05, 3.63) is 18.2 Å². The van der Waals surface area contributed by atoms with Crippen molar-refractivity contribution in [3.8, 4) is 11.5 Å². The van der Waals surface area contributed by atoms with E-state index in [-0.39, 0.29) is 12.0 Å². The van der Waals surface area contributed by atoms with E-state index in [1.807, 2.05) is 0 Å². The van der Waals surface area contributed by atoms with Gasteiger partial charge in [-0.3, -0.25) is 4.79 Å². The van der Waals surface area contributed by atoms with E-state index >= 15 is 0 Å². The second kappa shape index (κ2) is 6.58. The Morgan fingerprint density at radius 1 is 1.30 bits per heavy atom. The summed E-state index contributed by atoms with van der Waals surface area (Å²) in [5.41, 5.74) is 6.15. The summed E-state index contributed by atoms with van der Waals surface area (Å²) in [7, 11) is 3.12. The van der Waals surface area contributed by atoms with Gasteiger partial charge in [0.25, 0.3) is 5.91 Å². The van der Waals surface area contributed by atoms with E-state index in [1.165, 1.54) is 0 Å². The molecule has 1 amide bonds. The molecular weight excluding hydrogens is 260 g/mol. The average molecular weight is 280 g/mol. The van der Waals surface area contributed by atoms with Gasteiger partial charge >= 0.3 is 0 Å². The van der Waals surface area contributed by atoms with Crippen molar-refractivity contribution in [1.29, 1.82) is 0 Å². The number of hydrogen-bond acceptors (Lipinski definition) is 5. The molecule has 1 aliphatic rings. The fraction of sp³-hybridized carbons (Fsp3) is 0.500. The van der Waals surface area contributed by atoms with Crippen molar-refractivity contribution in [1.82, 2.24) is 0 Å². The monoisotopic (exact) mass is 280 g/mol. The van der Waals surface area contributed by atoms with Crippen LogP contribution in [0.2, 0.25) is 0 Å². The number of rotatable bonds is 5. The van der Waals surface area contributed by atoms with Crippen molar-refractivity contribution >= 4 is 11.6 Å². The van der Waals surface area contributed by atoms with E-state index in [1.54, 1.807) is 32.4 Å². The maximum absolute atomic E-state index is 12.1. The lowest BCUT2D eigenvalue weighted by molar-refractivity contribution is -0.126. The van der Waals surface area contributed by atoms with Crippen molar-refractivity contribution in [3.63, 3.8) is 0 Å². The molecule has 0 aliphatic carbocycles. The van der Waals surface area contributed by atoms with Crippen LogP contribution >= 0.6 is 0 Å². The molecule has 1 heterocycles. The summed E-state index contributed by atoms with van der Waals surface area (Å²) >= 11 is 0. The molecule has 0 saturated carbocycles. The first-order valence-corrected chi connectivity index (χ1v) is 6.55. The molecule has 6 heteroatoms. The molecule has 3 N–H and O–H groups in total. The summed E-state index contributed by atoms with van der Waals surface area (Å²) < 4.78 is 15.9. The Bertz CT molecular complexity index is 456. The predicted molar refractivity (Wildman–Crippen MR) is 75.1 cm³/mol. The standard InChI is InChI=1S/C14H20N2O4/c1-18-11-5-9(6-12(7-11)19-2)16-14(17)13-4-3-10(8-15)20-13/h5-7,10,13H,3-4,8,15H2,1-2H3,(H,16,17). The third-order valence-electron chi connectivity index (χ3n) is 3.28. The summed E-state index contributed by atoms with van der Waals surface area (Å²) in [5, 5.41) is 2.81. The maximum atomic E-state index is 12.1. The quantitative estimate of drug-likeness (QED) is 0.845. The normalized spacial score (nSPS) is 21.6. The third-order valence-corrected chi connectivity index (χ3v) is 3.28. The SMILES string of the molecule is COc1cc(NC(=O)C2CCC(CN)O2)cc(OC)c1. The van der Waals surface area contributed by atoms with Gasteiger partial charge in [0.15, 0.2) is 0 Å². The fourth-order valence-corrected chi connectivity index (χ4v) is 2.17. The number of hydrogen-bond donors (Lipinski definition) is 2. The highest BCUT2D eigenvalue weighted by molar-refractivity contribution is 5.94. The van der Waals surface area contributed by atoms with Crippen LogP contribution in [0, 0.1) is 0 Å². The predicted octanol–water partition coefficient (Wildman–Crippen LogP) is 1.15. The lowest BCUT2D eigenvalue weighted by Gasteiger charge is -2.14. The van der Waals surface area contributed by atoms with Crippen LogP contribution in [0.3, 0.4) is 0 Å². The Balaban J connectivity index is 2.04. The van der Waals surface area contributed by atoms with Crippen LogP contribution in [0.4, 0.5) is 5.69 Å². The highest BCUT2D eigenvalue weighted by atomic mass is 16.5. The smallest absolute Gasteiger partial charge is 0.253 e. The van der Waals surface area contributed by atoms with Gasteiger partial charge in [-0.15, -0.1) is 0 Å². The molecule has 0 spiro atoms. The molecule has 1 fully saturated rings. The van der Waals surface area contributed by atoms with Gasteiger partial charge in [0.05, 0.1) is 20.3 Å². The first kappa shape index (κ1) is 14.6. The first-order chi connectivity index (χ1) is 9.66. The van der Waals surface area contributed by atoms with E-state index in [2.05, 4.69) is 5.32 Å². The Morgan fingerprint density at radius 3 is 2.45 bits per heavy atom. The van der Waals surface area contributed by atoms with Crippen molar-refractivity contribution in [2.24, 2.45) is 5.73 Å². The number of nitrogens with two attached hydrogens (primary N) is 1. The highest BCUT2D eigenvalue weighted by Crippen LogP contribution is 2.27. The zero-order valence-electron chi connectivity index (χ0n) is 11.7. The average Bonchev–Trinajstić information content (AvgIpc) is 2.95. The molecule has 110 valence electrons. The largest absolute Gasteiger partial charge is 0.497 e. The summed E-state index contributed by atoms with van der Waals surface area (Å²) in [6.07, 6.45) is 1.04. The van der Waals surface area contributed by atoms with E-state index in [0.717, 1.165) is 6.42 Å².